The highest BCUT2D eigenvalue weighted by atomic mass is 16.5. The summed E-state index contributed by atoms with van der Waals surface area (Å²) in [4.78, 5) is 23.9. The van der Waals surface area contributed by atoms with Gasteiger partial charge in [0, 0.05) is 25.5 Å². The maximum absolute atomic E-state index is 12.5. The quantitative estimate of drug-likeness (QED) is 0.713. The van der Waals surface area contributed by atoms with Crippen LogP contribution in [0.25, 0.3) is 11.8 Å². The van der Waals surface area contributed by atoms with Gasteiger partial charge in [-0.3, -0.25) is 4.79 Å². The van der Waals surface area contributed by atoms with Crippen molar-refractivity contribution in [3.8, 4) is 0 Å². The monoisotopic (exact) mass is 347 g/mol. The van der Waals surface area contributed by atoms with Gasteiger partial charge >= 0.3 is 5.97 Å². The van der Waals surface area contributed by atoms with Crippen LogP contribution in [0.2, 0.25) is 0 Å². The highest BCUT2D eigenvalue weighted by Gasteiger charge is 2.24. The minimum Gasteiger partial charge on any atom is -0.488 e. The van der Waals surface area contributed by atoms with Crippen molar-refractivity contribution in [1.82, 2.24) is 15.2 Å². The van der Waals surface area contributed by atoms with E-state index in [0.717, 1.165) is 26.1 Å². The summed E-state index contributed by atoms with van der Waals surface area (Å²) in [7, 11) is 0. The largest absolute Gasteiger partial charge is 0.488 e. The fraction of sp³-hybridized carbons (Fsp3) is 0.444. The standard InChI is InChI=1S/C16H19N3O4.C2H6/c20-15-11-3-1-2-4-17-5-6-18-9-13-14(11)19(7-8-23-13)10-12(15)16(21)22;1-2/h1,3,9-10,17-18H,2,4-8H2,(H,21,22);1-2H3/b3-1-,13-9-;. The number of aromatic nitrogens is 1. The van der Waals surface area contributed by atoms with Crippen molar-refractivity contribution in [2.45, 2.75) is 26.8 Å². The third kappa shape index (κ3) is 4.30. The molecule has 3 rings (SSSR count). The number of hydrogen-bond acceptors (Lipinski definition) is 5. The lowest BCUT2D eigenvalue weighted by atomic mass is 10.1. The number of hydrogen-bond donors (Lipinski definition) is 3. The lowest BCUT2D eigenvalue weighted by molar-refractivity contribution is 0.0694. The van der Waals surface area contributed by atoms with Crippen molar-refractivity contribution < 1.29 is 14.6 Å². The van der Waals surface area contributed by atoms with Gasteiger partial charge in [-0.25, -0.2) is 4.79 Å². The zero-order valence-electron chi connectivity index (χ0n) is 14.7. The smallest absolute Gasteiger partial charge is 0.341 e. The van der Waals surface area contributed by atoms with Crippen molar-refractivity contribution >= 4 is 17.8 Å². The Balaban J connectivity index is 0.00000109. The summed E-state index contributed by atoms with van der Waals surface area (Å²) < 4.78 is 7.47. The van der Waals surface area contributed by atoms with Crippen LogP contribution in [0.4, 0.5) is 0 Å². The van der Waals surface area contributed by atoms with Crippen LogP contribution in [-0.4, -0.2) is 41.9 Å². The van der Waals surface area contributed by atoms with Crippen LogP contribution in [0.15, 0.2) is 23.3 Å². The van der Waals surface area contributed by atoms with Crippen LogP contribution in [-0.2, 0) is 11.3 Å². The first-order valence-electron chi connectivity index (χ1n) is 8.63. The summed E-state index contributed by atoms with van der Waals surface area (Å²) in [5.41, 5.74) is 0.288. The zero-order valence-corrected chi connectivity index (χ0v) is 14.7. The van der Waals surface area contributed by atoms with Crippen molar-refractivity contribution in [2.75, 3.05) is 26.2 Å². The first-order chi connectivity index (χ1) is 12.2. The molecule has 2 aliphatic heterocycles. The van der Waals surface area contributed by atoms with Gasteiger partial charge in [0.2, 0.25) is 5.43 Å². The minimum atomic E-state index is -1.21. The van der Waals surface area contributed by atoms with Gasteiger partial charge in [-0.1, -0.05) is 26.0 Å². The number of pyridine rings is 1. The number of ether oxygens (including phenoxy) is 1. The predicted octanol–water partition coefficient (Wildman–Crippen LogP) is 1.50. The maximum atomic E-state index is 12.5. The fourth-order valence-corrected chi connectivity index (χ4v) is 2.71. The van der Waals surface area contributed by atoms with Gasteiger partial charge in [0.1, 0.15) is 12.2 Å². The van der Waals surface area contributed by atoms with Crippen LogP contribution >= 0.6 is 0 Å². The van der Waals surface area contributed by atoms with Crippen LogP contribution in [0.1, 0.15) is 41.9 Å². The van der Waals surface area contributed by atoms with Crippen molar-refractivity contribution in [3.05, 3.63) is 45.5 Å². The second-order valence-corrected chi connectivity index (χ2v) is 5.38. The van der Waals surface area contributed by atoms with Crippen LogP contribution < -0.4 is 16.1 Å². The molecular weight excluding hydrogens is 322 g/mol. The average Bonchev–Trinajstić information content (AvgIpc) is 2.61. The molecule has 2 aliphatic rings. The van der Waals surface area contributed by atoms with Crippen molar-refractivity contribution in [2.24, 2.45) is 0 Å². The summed E-state index contributed by atoms with van der Waals surface area (Å²) in [6.45, 7) is 7.31. The Morgan fingerprint density at radius 1 is 1.28 bits per heavy atom. The van der Waals surface area contributed by atoms with E-state index in [9.17, 15) is 14.7 Å². The molecule has 1 aromatic heterocycles. The van der Waals surface area contributed by atoms with E-state index in [1.807, 2.05) is 19.9 Å². The number of carboxylic acid groups (broad SMARTS) is 1. The Bertz CT molecular complexity index is 735. The molecule has 0 unspecified atom stereocenters. The van der Waals surface area contributed by atoms with Gasteiger partial charge in [0.25, 0.3) is 0 Å². The summed E-state index contributed by atoms with van der Waals surface area (Å²) in [5.74, 6) is -0.650. The molecule has 0 spiro atoms. The highest BCUT2D eigenvalue weighted by molar-refractivity contribution is 5.88. The van der Waals surface area contributed by atoms with E-state index in [2.05, 4.69) is 10.6 Å². The third-order valence-corrected chi connectivity index (χ3v) is 3.82. The van der Waals surface area contributed by atoms with Gasteiger partial charge in [-0.2, -0.15) is 0 Å². The molecule has 0 saturated heterocycles. The molecule has 1 aromatic rings. The predicted molar refractivity (Wildman–Crippen MR) is 97.5 cm³/mol. The number of rotatable bonds is 1. The van der Waals surface area contributed by atoms with E-state index >= 15 is 0 Å². The van der Waals surface area contributed by atoms with Gasteiger partial charge < -0.3 is 25.0 Å². The molecule has 136 valence electrons. The van der Waals surface area contributed by atoms with Gasteiger partial charge in [0.15, 0.2) is 5.76 Å². The molecule has 0 atom stereocenters. The zero-order chi connectivity index (χ0) is 18.2. The molecule has 0 aromatic carbocycles. The Labute approximate surface area is 147 Å². The van der Waals surface area contributed by atoms with Gasteiger partial charge in [-0.15, -0.1) is 0 Å². The maximum Gasteiger partial charge on any atom is 0.341 e. The summed E-state index contributed by atoms with van der Waals surface area (Å²) in [6, 6.07) is 0. The first kappa shape index (κ1) is 18.8. The summed E-state index contributed by atoms with van der Waals surface area (Å²) >= 11 is 0. The molecule has 0 radical (unpaired) electrons. The van der Waals surface area contributed by atoms with Gasteiger partial charge in [0.05, 0.1) is 17.8 Å². The van der Waals surface area contributed by atoms with E-state index < -0.39 is 11.4 Å². The Morgan fingerprint density at radius 3 is 2.84 bits per heavy atom. The van der Waals surface area contributed by atoms with E-state index in [1.165, 1.54) is 6.20 Å². The molecular formula is C18H25N3O4. The van der Waals surface area contributed by atoms with Crippen LogP contribution in [0.5, 0.6) is 0 Å². The van der Waals surface area contributed by atoms with E-state index in [4.69, 9.17) is 4.74 Å². The number of carbonyl (C=O) groups is 1. The van der Waals surface area contributed by atoms with E-state index in [0.29, 0.717) is 30.2 Å². The lowest BCUT2D eigenvalue weighted by Crippen LogP contribution is -2.30. The first-order valence-corrected chi connectivity index (χ1v) is 8.63. The van der Waals surface area contributed by atoms with E-state index in [-0.39, 0.29) is 5.56 Å². The number of carboxylic acids is 1. The fourth-order valence-electron chi connectivity index (χ4n) is 2.71. The molecule has 7 nitrogen and oxygen atoms in total. The Hall–Kier alpha value is -2.54. The molecule has 0 aliphatic carbocycles. The topological polar surface area (TPSA) is 92.6 Å². The third-order valence-electron chi connectivity index (χ3n) is 3.82. The average molecular weight is 347 g/mol. The normalized spacial score (nSPS) is 19.8. The molecule has 25 heavy (non-hydrogen) atoms. The highest BCUT2D eigenvalue weighted by Crippen LogP contribution is 2.24. The second kappa shape index (κ2) is 9.08. The van der Waals surface area contributed by atoms with Crippen molar-refractivity contribution in [1.29, 1.82) is 0 Å². The number of nitrogens with zero attached hydrogens (tertiary/aromatic N) is 1. The molecule has 3 heterocycles. The van der Waals surface area contributed by atoms with E-state index in [1.54, 1.807) is 16.8 Å². The summed E-state index contributed by atoms with van der Waals surface area (Å²) in [6.07, 6.45) is 7.49. The molecule has 0 bridgehead atoms. The second-order valence-electron chi connectivity index (χ2n) is 5.38. The van der Waals surface area contributed by atoms with Crippen molar-refractivity contribution in [3.63, 3.8) is 0 Å². The van der Waals surface area contributed by atoms with Crippen LogP contribution in [0.3, 0.4) is 0 Å². The Morgan fingerprint density at radius 2 is 2.08 bits per heavy atom. The van der Waals surface area contributed by atoms with Gasteiger partial charge in [-0.05, 0) is 13.0 Å². The number of aromatic carboxylic acids is 1. The summed E-state index contributed by atoms with van der Waals surface area (Å²) in [5, 5.41) is 15.7. The number of nitrogens with one attached hydrogen (secondary N) is 2. The van der Waals surface area contributed by atoms with Crippen LogP contribution in [0, 0.1) is 0 Å². The molecule has 0 saturated carbocycles. The molecule has 0 fully saturated rings. The Kier molecular flexibility index (Phi) is 6.82. The SMILES string of the molecule is CC.O=C(O)c1cn2c3c(c1=O)/C=C\CCNCCN/C=C/3OCC2. The minimum absolute atomic E-state index is 0.215. The lowest BCUT2D eigenvalue weighted by Gasteiger charge is -2.25. The molecule has 7 heteroatoms. The molecule has 0 amide bonds. The molecule has 3 N–H and O–H groups in total.